The number of carbonyl (C=O) groups is 1. The van der Waals surface area contributed by atoms with Crippen molar-refractivity contribution in [3.63, 3.8) is 0 Å². The number of para-hydroxylation sites is 1. The molecule has 138 valence electrons. The molecule has 0 spiro atoms. The van der Waals surface area contributed by atoms with Gasteiger partial charge in [-0.15, -0.1) is 0 Å². The van der Waals surface area contributed by atoms with Crippen molar-refractivity contribution in [1.29, 1.82) is 0 Å². The molecule has 0 amide bonds. The second-order valence-electron chi connectivity index (χ2n) is 6.23. The molecule has 2 aromatic heterocycles. The first kappa shape index (κ1) is 17.6. The van der Waals surface area contributed by atoms with E-state index < -0.39 is 12.1 Å². The highest BCUT2D eigenvalue weighted by atomic mass is 16.5. The molecule has 2 aromatic carbocycles. The predicted octanol–water partition coefficient (Wildman–Crippen LogP) is 3.12. The van der Waals surface area contributed by atoms with E-state index in [-0.39, 0.29) is 12.1 Å². The number of nitrogens with zero attached hydrogens (tertiary/aromatic N) is 3. The van der Waals surface area contributed by atoms with Crippen molar-refractivity contribution in [2.24, 2.45) is 0 Å². The van der Waals surface area contributed by atoms with Gasteiger partial charge in [0.1, 0.15) is 6.54 Å². The molecule has 4 rings (SSSR count). The molecule has 0 bridgehead atoms. The van der Waals surface area contributed by atoms with Crippen LogP contribution in [-0.4, -0.2) is 20.5 Å². The van der Waals surface area contributed by atoms with Crippen LogP contribution in [0.3, 0.4) is 0 Å². The van der Waals surface area contributed by atoms with E-state index in [1.165, 1.54) is 10.9 Å². The molecule has 1 unspecified atom stereocenters. The third kappa shape index (κ3) is 3.66. The van der Waals surface area contributed by atoms with E-state index in [1.807, 2.05) is 42.5 Å². The zero-order chi connectivity index (χ0) is 19.3. The van der Waals surface area contributed by atoms with Crippen LogP contribution in [0.1, 0.15) is 17.4 Å². The number of benzene rings is 2. The minimum atomic E-state index is -0.654. The lowest BCUT2D eigenvalue weighted by atomic mass is 10.1. The van der Waals surface area contributed by atoms with Gasteiger partial charge in [0.25, 0.3) is 5.56 Å². The molecule has 6 heteroatoms. The average molecular weight is 371 g/mol. The molecule has 28 heavy (non-hydrogen) atoms. The summed E-state index contributed by atoms with van der Waals surface area (Å²) in [5.74, 6) is -0.543. The maximum absolute atomic E-state index is 12.6. The number of esters is 1. The molecule has 0 aliphatic heterocycles. The number of fused-ring (bicyclic) bond motifs is 1. The van der Waals surface area contributed by atoms with Crippen molar-refractivity contribution < 1.29 is 9.53 Å². The summed E-state index contributed by atoms with van der Waals surface area (Å²) in [7, 11) is 0. The van der Waals surface area contributed by atoms with E-state index in [4.69, 9.17) is 4.74 Å². The molecule has 0 fully saturated rings. The van der Waals surface area contributed by atoms with Crippen LogP contribution in [0.5, 0.6) is 0 Å². The zero-order valence-corrected chi connectivity index (χ0v) is 14.9. The van der Waals surface area contributed by atoms with Gasteiger partial charge in [-0.2, -0.15) is 0 Å². The normalized spacial score (nSPS) is 11.9. The van der Waals surface area contributed by atoms with Gasteiger partial charge < -0.3 is 4.74 Å². The summed E-state index contributed by atoms with van der Waals surface area (Å²) >= 11 is 0. The van der Waals surface area contributed by atoms with Gasteiger partial charge in [-0.25, -0.2) is 4.98 Å². The Morgan fingerprint density at radius 1 is 0.929 bits per heavy atom. The van der Waals surface area contributed by atoms with E-state index >= 15 is 0 Å². The van der Waals surface area contributed by atoms with Gasteiger partial charge in [0.15, 0.2) is 6.10 Å². The van der Waals surface area contributed by atoms with Crippen LogP contribution < -0.4 is 5.56 Å². The van der Waals surface area contributed by atoms with Crippen molar-refractivity contribution in [3.05, 3.63) is 107 Å². The van der Waals surface area contributed by atoms with E-state index in [0.29, 0.717) is 16.6 Å². The van der Waals surface area contributed by atoms with Crippen LogP contribution in [0.4, 0.5) is 0 Å². The average Bonchev–Trinajstić information content (AvgIpc) is 2.75. The van der Waals surface area contributed by atoms with Gasteiger partial charge >= 0.3 is 5.97 Å². The van der Waals surface area contributed by atoms with E-state index in [9.17, 15) is 9.59 Å². The molecule has 1 atom stereocenters. The minimum Gasteiger partial charge on any atom is -0.450 e. The second kappa shape index (κ2) is 7.84. The monoisotopic (exact) mass is 371 g/mol. The van der Waals surface area contributed by atoms with Gasteiger partial charge in [0.05, 0.1) is 22.9 Å². The fourth-order valence-corrected chi connectivity index (χ4v) is 2.98. The van der Waals surface area contributed by atoms with Crippen molar-refractivity contribution >= 4 is 16.9 Å². The number of aromatic nitrogens is 3. The highest BCUT2D eigenvalue weighted by Crippen LogP contribution is 2.24. The lowest BCUT2D eigenvalue weighted by molar-refractivity contribution is -0.148. The summed E-state index contributed by atoms with van der Waals surface area (Å²) in [5.41, 5.74) is 1.73. The van der Waals surface area contributed by atoms with Crippen molar-refractivity contribution in [3.8, 4) is 0 Å². The first-order chi connectivity index (χ1) is 13.7. The van der Waals surface area contributed by atoms with Gasteiger partial charge in [0, 0.05) is 6.20 Å². The quantitative estimate of drug-likeness (QED) is 0.504. The molecule has 0 saturated carbocycles. The number of rotatable bonds is 5. The highest BCUT2D eigenvalue weighted by molar-refractivity contribution is 5.77. The molecule has 6 nitrogen and oxygen atoms in total. The molecule has 0 radical (unpaired) electrons. The standard InChI is InChI=1S/C22H17N3O3/c26-20(14-25-15-24-18-11-5-4-10-17(18)22(25)27)28-21(16-8-2-1-3-9-16)19-12-6-7-13-23-19/h1-13,15,21H,14H2. The highest BCUT2D eigenvalue weighted by Gasteiger charge is 2.20. The van der Waals surface area contributed by atoms with Gasteiger partial charge in [0.2, 0.25) is 0 Å². The first-order valence-electron chi connectivity index (χ1n) is 8.82. The van der Waals surface area contributed by atoms with Gasteiger partial charge in [-0.05, 0) is 29.8 Å². The first-order valence-corrected chi connectivity index (χ1v) is 8.82. The van der Waals surface area contributed by atoms with Crippen molar-refractivity contribution in [2.75, 3.05) is 0 Å². The number of hydrogen-bond donors (Lipinski definition) is 0. The van der Waals surface area contributed by atoms with E-state index in [0.717, 1.165) is 5.56 Å². The maximum atomic E-state index is 12.6. The molecule has 4 aromatic rings. The maximum Gasteiger partial charge on any atom is 0.327 e. The van der Waals surface area contributed by atoms with Crippen molar-refractivity contribution in [1.82, 2.24) is 14.5 Å². The Bertz CT molecular complexity index is 1120. The van der Waals surface area contributed by atoms with Crippen molar-refractivity contribution in [2.45, 2.75) is 12.6 Å². The smallest absolute Gasteiger partial charge is 0.327 e. The Labute approximate surface area is 161 Å². The molecule has 0 aliphatic carbocycles. The summed E-state index contributed by atoms with van der Waals surface area (Å²) in [6.07, 6.45) is 2.36. The van der Waals surface area contributed by atoms with Crippen LogP contribution in [0.15, 0.2) is 90.1 Å². The number of carbonyl (C=O) groups excluding carboxylic acids is 1. The van der Waals surface area contributed by atoms with Crippen LogP contribution >= 0.6 is 0 Å². The third-order valence-electron chi connectivity index (χ3n) is 4.34. The second-order valence-corrected chi connectivity index (χ2v) is 6.23. The molecule has 0 N–H and O–H groups in total. The Morgan fingerprint density at radius 3 is 2.46 bits per heavy atom. The minimum absolute atomic E-state index is 0.229. The Balaban J connectivity index is 1.60. The molecule has 0 saturated heterocycles. The zero-order valence-electron chi connectivity index (χ0n) is 14.9. The fraction of sp³-hybridized carbons (Fsp3) is 0.0909. The van der Waals surface area contributed by atoms with Crippen LogP contribution in [-0.2, 0) is 16.1 Å². The lowest BCUT2D eigenvalue weighted by Gasteiger charge is -2.18. The van der Waals surface area contributed by atoms with Crippen LogP contribution in [0.2, 0.25) is 0 Å². The molecule has 2 heterocycles. The Hall–Kier alpha value is -3.80. The lowest BCUT2D eigenvalue weighted by Crippen LogP contribution is -2.26. The summed E-state index contributed by atoms with van der Waals surface area (Å²) < 4.78 is 6.96. The largest absolute Gasteiger partial charge is 0.450 e. The summed E-state index contributed by atoms with van der Waals surface area (Å²) in [6, 6.07) is 21.8. The SMILES string of the molecule is O=C(Cn1cnc2ccccc2c1=O)OC(c1ccccc1)c1ccccn1. The predicted molar refractivity (Wildman–Crippen MR) is 105 cm³/mol. The van der Waals surface area contributed by atoms with E-state index in [2.05, 4.69) is 9.97 Å². The molecular weight excluding hydrogens is 354 g/mol. The molecule has 0 aliphatic rings. The third-order valence-corrected chi connectivity index (χ3v) is 4.34. The molecular formula is C22H17N3O3. The topological polar surface area (TPSA) is 74.1 Å². The summed E-state index contributed by atoms with van der Waals surface area (Å²) in [5, 5.41) is 0.460. The summed E-state index contributed by atoms with van der Waals surface area (Å²) in [6.45, 7) is -0.229. The fourth-order valence-electron chi connectivity index (χ4n) is 2.98. The number of ether oxygens (including phenoxy) is 1. The van der Waals surface area contributed by atoms with E-state index in [1.54, 1.807) is 36.5 Å². The number of hydrogen-bond acceptors (Lipinski definition) is 5. The van der Waals surface area contributed by atoms with Gasteiger partial charge in [-0.1, -0.05) is 48.5 Å². The Morgan fingerprint density at radius 2 is 1.68 bits per heavy atom. The Kier molecular flexibility index (Phi) is 4.93. The van der Waals surface area contributed by atoms with Crippen LogP contribution in [0, 0.1) is 0 Å². The number of pyridine rings is 1. The van der Waals surface area contributed by atoms with Crippen LogP contribution in [0.25, 0.3) is 10.9 Å². The van der Waals surface area contributed by atoms with Gasteiger partial charge in [-0.3, -0.25) is 19.1 Å². The summed E-state index contributed by atoms with van der Waals surface area (Å²) in [4.78, 5) is 33.8.